The maximum absolute atomic E-state index is 14.9. The maximum atomic E-state index is 14.9. The maximum Gasteiger partial charge on any atom is 0.408 e. The Morgan fingerprint density at radius 3 is 2.10 bits per heavy atom. The number of rotatable bonds is 8. The Hall–Kier alpha value is -4.70. The molecule has 4 N–H and O–H groups in total. The molecule has 1 aliphatic heterocycles. The van der Waals surface area contributed by atoms with Gasteiger partial charge in [-0.15, -0.1) is 0 Å². The van der Waals surface area contributed by atoms with Gasteiger partial charge in [-0.2, -0.15) is 0 Å². The number of hydrogen-bond acceptors (Lipinski definition) is 14. The lowest BCUT2D eigenvalue weighted by Gasteiger charge is -2.67. The fourth-order valence-corrected chi connectivity index (χ4v) is 9.87. The zero-order valence-electron chi connectivity index (χ0n) is 33.9. The first-order chi connectivity index (χ1) is 27.0. The molecule has 58 heavy (non-hydrogen) atoms. The van der Waals surface area contributed by atoms with Crippen molar-refractivity contribution in [1.82, 2.24) is 5.32 Å². The van der Waals surface area contributed by atoms with E-state index >= 15 is 0 Å². The fraction of sp³-hybridized carbons (Fsp3) is 0.581. The van der Waals surface area contributed by atoms with E-state index in [2.05, 4.69) is 5.32 Å². The van der Waals surface area contributed by atoms with Crippen LogP contribution in [0.3, 0.4) is 0 Å². The van der Waals surface area contributed by atoms with Crippen molar-refractivity contribution in [2.24, 2.45) is 28.6 Å². The molecule has 3 aliphatic carbocycles. The minimum Gasteiger partial charge on any atom is -0.460 e. The van der Waals surface area contributed by atoms with Crippen LogP contribution in [0.15, 0.2) is 60.7 Å². The summed E-state index contributed by atoms with van der Waals surface area (Å²) in [7, 11) is 0. The second-order valence-electron chi connectivity index (χ2n) is 17.9. The monoisotopic (exact) mass is 807 g/mol. The number of aliphatic hydroxyl groups excluding tert-OH is 2. The molecular formula is C43H53NO14. The van der Waals surface area contributed by atoms with Crippen molar-refractivity contribution in [1.29, 1.82) is 0 Å². The molecule has 5 unspecified atom stereocenters. The van der Waals surface area contributed by atoms with Gasteiger partial charge in [-0.3, -0.25) is 14.4 Å². The van der Waals surface area contributed by atoms with Crippen LogP contribution in [-0.4, -0.2) is 105 Å². The Balaban J connectivity index is 1.46. The number of hydrogen-bond donors (Lipinski definition) is 4. The number of carbonyl (C=O) groups is 6. The van der Waals surface area contributed by atoms with E-state index in [9.17, 15) is 44.1 Å². The standard InChI is InChI=1S/C43H53NO14/c1-22-26(55-37(51)32(48)30(24-15-11-9-12-16-24)44-38(52)58-39(3,4)5)20-43(53)35(56-36(50)25-17-13-10-14-18-25)33-41(8,34(49)31(47)29(22)40(43,6)7)27(46)19-28-42(33,21-54-28)57-23(2)45/h9-18,22,26-30,32-33,35,46,48,53H,19-21H2,1-8H3,(H,44,52)/t22?,26-,27-,28?,29?,30?,32+,33-,35-,41+,42-,43?/m0/s1. The van der Waals surface area contributed by atoms with Gasteiger partial charge in [0.15, 0.2) is 11.7 Å². The van der Waals surface area contributed by atoms with E-state index in [1.54, 1.807) is 90.1 Å². The molecule has 2 bridgehead atoms. The van der Waals surface area contributed by atoms with Crippen LogP contribution in [0.25, 0.3) is 0 Å². The van der Waals surface area contributed by atoms with Crippen molar-refractivity contribution < 1.29 is 67.8 Å². The topological polar surface area (TPSA) is 221 Å². The minimum absolute atomic E-state index is 0.0747. The SMILES string of the molecule is CC(=O)O[C@@]12COC1C[C@H](O)[C@@]1(C)C(=O)C(=O)C3C(C)[C@@H](OC(=O)[C@H](O)C(NC(=O)OC(C)(C)C)c4ccccc4)CC(O)([C@@H](OC(=O)c4ccccc4)[C@@H]12)C3(C)C. The summed E-state index contributed by atoms with van der Waals surface area (Å²) < 4.78 is 29.5. The Morgan fingerprint density at radius 2 is 1.55 bits per heavy atom. The summed E-state index contributed by atoms with van der Waals surface area (Å²) in [6, 6.07) is 14.6. The lowest BCUT2D eigenvalue weighted by Crippen LogP contribution is -2.82. The van der Waals surface area contributed by atoms with E-state index in [0.29, 0.717) is 5.56 Å². The van der Waals surface area contributed by atoms with Gasteiger partial charge in [0, 0.05) is 37.0 Å². The number of fused-ring (bicyclic) bond motifs is 5. The molecule has 2 aromatic carbocycles. The van der Waals surface area contributed by atoms with Crippen molar-refractivity contribution >= 4 is 35.6 Å². The molecule has 4 fully saturated rings. The van der Waals surface area contributed by atoms with Crippen LogP contribution >= 0.6 is 0 Å². The highest BCUT2D eigenvalue weighted by Gasteiger charge is 2.79. The molecule has 1 heterocycles. The van der Waals surface area contributed by atoms with E-state index in [4.69, 9.17) is 23.7 Å². The molecule has 4 aliphatic rings. The molecule has 15 nitrogen and oxygen atoms in total. The van der Waals surface area contributed by atoms with Gasteiger partial charge in [-0.05, 0) is 45.4 Å². The van der Waals surface area contributed by atoms with Crippen LogP contribution in [0, 0.1) is 28.6 Å². The average molecular weight is 808 g/mol. The lowest BCUT2D eigenvalue weighted by atomic mass is 9.42. The molecule has 1 saturated heterocycles. The number of carbonyl (C=O) groups excluding carboxylic acids is 6. The number of aliphatic hydroxyl groups is 3. The average Bonchev–Trinajstić information content (AvgIpc) is 3.14. The third kappa shape index (κ3) is 7.09. The van der Waals surface area contributed by atoms with E-state index in [1.807, 2.05) is 0 Å². The van der Waals surface area contributed by atoms with Gasteiger partial charge >= 0.3 is 24.0 Å². The van der Waals surface area contributed by atoms with Crippen LogP contribution < -0.4 is 5.32 Å². The predicted molar refractivity (Wildman–Crippen MR) is 203 cm³/mol. The molecule has 0 spiro atoms. The zero-order valence-corrected chi connectivity index (χ0v) is 33.9. The number of amides is 1. The number of esters is 3. The molecule has 6 rings (SSSR count). The number of nitrogens with one attached hydrogen (secondary N) is 1. The van der Waals surface area contributed by atoms with Crippen molar-refractivity contribution in [2.75, 3.05) is 6.61 Å². The van der Waals surface area contributed by atoms with Gasteiger partial charge in [-0.1, -0.05) is 69.3 Å². The van der Waals surface area contributed by atoms with Crippen molar-refractivity contribution in [3.8, 4) is 0 Å². The van der Waals surface area contributed by atoms with Crippen molar-refractivity contribution in [2.45, 2.75) is 122 Å². The first-order valence-corrected chi connectivity index (χ1v) is 19.5. The van der Waals surface area contributed by atoms with E-state index in [0.717, 1.165) is 6.92 Å². The molecule has 1 amide bonds. The number of ketones is 2. The van der Waals surface area contributed by atoms with E-state index in [1.165, 1.54) is 19.1 Å². The highest BCUT2D eigenvalue weighted by Crippen LogP contribution is 2.64. The predicted octanol–water partition coefficient (Wildman–Crippen LogP) is 3.40. The summed E-state index contributed by atoms with van der Waals surface area (Å²) in [5.41, 5.74) is -8.31. The molecule has 314 valence electrons. The number of benzene rings is 2. The summed E-state index contributed by atoms with van der Waals surface area (Å²) in [6.45, 7) is 11.8. The highest BCUT2D eigenvalue weighted by atomic mass is 16.6. The van der Waals surface area contributed by atoms with E-state index in [-0.39, 0.29) is 18.6 Å². The summed E-state index contributed by atoms with van der Waals surface area (Å²) in [5, 5.41) is 39.3. The van der Waals surface area contributed by atoms with Crippen molar-refractivity contribution in [3.63, 3.8) is 0 Å². The summed E-state index contributed by atoms with van der Waals surface area (Å²) in [5.74, 6) is -8.93. The number of alkyl carbamates (subject to hydrolysis) is 1. The Labute approximate surface area is 336 Å². The van der Waals surface area contributed by atoms with Gasteiger partial charge in [0.25, 0.3) is 0 Å². The van der Waals surface area contributed by atoms with Gasteiger partial charge in [0.05, 0.1) is 35.6 Å². The molecule has 2 aromatic rings. The molecule has 12 atom stereocenters. The van der Waals surface area contributed by atoms with Gasteiger partial charge in [0.1, 0.15) is 29.5 Å². The fourth-order valence-electron chi connectivity index (χ4n) is 9.87. The summed E-state index contributed by atoms with van der Waals surface area (Å²) in [6.07, 6.45) is -9.48. The van der Waals surface area contributed by atoms with Crippen LogP contribution in [0.5, 0.6) is 0 Å². The molecule has 0 aromatic heterocycles. The van der Waals surface area contributed by atoms with Crippen molar-refractivity contribution in [3.05, 3.63) is 71.8 Å². The second kappa shape index (κ2) is 15.2. The van der Waals surface area contributed by atoms with Crippen LogP contribution in [0.2, 0.25) is 0 Å². The van der Waals surface area contributed by atoms with E-state index < -0.39 is 124 Å². The number of ether oxygens (including phenoxy) is 5. The Bertz CT molecular complexity index is 1950. The Kier molecular flexibility index (Phi) is 11.2. The second-order valence-corrected chi connectivity index (χ2v) is 17.9. The first-order valence-electron chi connectivity index (χ1n) is 19.5. The summed E-state index contributed by atoms with van der Waals surface area (Å²) >= 11 is 0. The lowest BCUT2D eigenvalue weighted by molar-refractivity contribution is -0.350. The van der Waals surface area contributed by atoms with Crippen LogP contribution in [0.1, 0.15) is 90.2 Å². The normalized spacial score (nSPS) is 34.9. The zero-order chi connectivity index (χ0) is 42.7. The number of Topliss-reactive ketones (excluding diaryl/α,β-unsaturated/α-hetero) is 2. The van der Waals surface area contributed by atoms with Gasteiger partial charge in [0.2, 0.25) is 11.6 Å². The van der Waals surface area contributed by atoms with Crippen LogP contribution in [-0.2, 0) is 42.9 Å². The molecule has 15 heteroatoms. The Morgan fingerprint density at radius 1 is 0.948 bits per heavy atom. The quantitative estimate of drug-likeness (QED) is 0.171. The third-order valence-electron chi connectivity index (χ3n) is 12.9. The first kappa shape index (κ1) is 42.9. The van der Waals surface area contributed by atoms with Gasteiger partial charge in [-0.25, -0.2) is 14.4 Å². The molecular weight excluding hydrogens is 754 g/mol. The largest absolute Gasteiger partial charge is 0.460 e. The third-order valence-corrected chi connectivity index (χ3v) is 12.9. The van der Waals surface area contributed by atoms with Gasteiger partial charge < -0.3 is 44.3 Å². The molecule has 3 saturated carbocycles. The minimum atomic E-state index is -2.36. The smallest absolute Gasteiger partial charge is 0.408 e. The highest BCUT2D eigenvalue weighted by molar-refractivity contribution is 6.40. The molecule has 0 radical (unpaired) electrons. The summed E-state index contributed by atoms with van der Waals surface area (Å²) in [4.78, 5) is 83.6. The van der Waals surface area contributed by atoms with Crippen LogP contribution in [0.4, 0.5) is 4.79 Å².